The zero-order chi connectivity index (χ0) is 9.54. The normalized spacial score (nSPS) is 26.2. The maximum atomic E-state index is 3.77. The molecular formula is C12H17NS. The Bertz CT molecular complexity index is 338. The van der Waals surface area contributed by atoms with Gasteiger partial charge < -0.3 is 5.32 Å². The number of nitrogens with one attached hydrogen (secondary N) is 1. The van der Waals surface area contributed by atoms with Crippen molar-refractivity contribution in [2.75, 3.05) is 0 Å². The summed E-state index contributed by atoms with van der Waals surface area (Å²) in [4.78, 5) is 3.13. The standard InChI is InChI=1S/C12H17NS/c1-8-7-10-11(13-9-5-6-9)3-2-4-12(10)14-8/h7,9,11,13H,2-6H2,1H3. The highest BCUT2D eigenvalue weighted by Gasteiger charge is 2.28. The van der Waals surface area contributed by atoms with Crippen LogP contribution in [0.1, 0.15) is 47.0 Å². The van der Waals surface area contributed by atoms with E-state index >= 15 is 0 Å². The molecule has 1 N–H and O–H groups in total. The van der Waals surface area contributed by atoms with Crippen molar-refractivity contribution >= 4 is 11.3 Å². The van der Waals surface area contributed by atoms with Gasteiger partial charge in [-0.1, -0.05) is 0 Å². The van der Waals surface area contributed by atoms with Crippen molar-refractivity contribution in [1.82, 2.24) is 5.32 Å². The van der Waals surface area contributed by atoms with Crippen molar-refractivity contribution < 1.29 is 0 Å². The monoisotopic (exact) mass is 207 g/mol. The summed E-state index contributed by atoms with van der Waals surface area (Å²) in [6, 6.07) is 3.92. The molecule has 1 atom stereocenters. The van der Waals surface area contributed by atoms with Gasteiger partial charge in [-0.2, -0.15) is 0 Å². The zero-order valence-electron chi connectivity index (χ0n) is 8.68. The van der Waals surface area contributed by atoms with Crippen LogP contribution in [0.15, 0.2) is 6.07 Å². The minimum atomic E-state index is 0.677. The molecule has 2 aliphatic rings. The maximum Gasteiger partial charge on any atom is 0.0333 e. The second kappa shape index (κ2) is 3.35. The van der Waals surface area contributed by atoms with Crippen molar-refractivity contribution in [3.05, 3.63) is 21.4 Å². The van der Waals surface area contributed by atoms with Crippen LogP contribution in [0.2, 0.25) is 0 Å². The number of hydrogen-bond donors (Lipinski definition) is 1. The van der Waals surface area contributed by atoms with Gasteiger partial charge in [-0.15, -0.1) is 11.3 Å². The molecule has 3 rings (SSSR count). The quantitative estimate of drug-likeness (QED) is 0.785. The van der Waals surface area contributed by atoms with E-state index in [-0.39, 0.29) is 0 Å². The molecule has 1 fully saturated rings. The maximum absolute atomic E-state index is 3.77. The van der Waals surface area contributed by atoms with Crippen LogP contribution in [0.5, 0.6) is 0 Å². The molecule has 14 heavy (non-hydrogen) atoms. The van der Waals surface area contributed by atoms with Gasteiger partial charge in [-0.05, 0) is 50.7 Å². The molecule has 76 valence electrons. The molecule has 0 aromatic carbocycles. The Balaban J connectivity index is 1.85. The second-order valence-electron chi connectivity index (χ2n) is 4.62. The van der Waals surface area contributed by atoms with E-state index < -0.39 is 0 Å². The first-order valence-corrected chi connectivity index (χ1v) is 6.50. The highest BCUT2D eigenvalue weighted by atomic mass is 32.1. The summed E-state index contributed by atoms with van der Waals surface area (Å²) in [5.41, 5.74) is 1.62. The minimum absolute atomic E-state index is 0.677. The van der Waals surface area contributed by atoms with Gasteiger partial charge in [0.2, 0.25) is 0 Å². The summed E-state index contributed by atoms with van der Waals surface area (Å²) < 4.78 is 0. The summed E-state index contributed by atoms with van der Waals surface area (Å²) in [6.45, 7) is 2.23. The molecule has 0 saturated heterocycles. The molecule has 1 aromatic heterocycles. The molecule has 1 heterocycles. The van der Waals surface area contributed by atoms with Gasteiger partial charge in [-0.3, -0.25) is 0 Å². The highest BCUT2D eigenvalue weighted by molar-refractivity contribution is 7.12. The Hall–Kier alpha value is -0.340. The molecule has 2 heteroatoms. The Kier molecular flexibility index (Phi) is 2.14. The second-order valence-corrected chi connectivity index (χ2v) is 5.96. The number of thiophene rings is 1. The van der Waals surface area contributed by atoms with E-state index in [2.05, 4.69) is 18.3 Å². The predicted octanol–water partition coefficient (Wildman–Crippen LogP) is 3.19. The van der Waals surface area contributed by atoms with E-state index in [0.717, 1.165) is 6.04 Å². The van der Waals surface area contributed by atoms with Crippen LogP contribution in [-0.2, 0) is 6.42 Å². The third kappa shape index (κ3) is 1.61. The molecule has 1 aromatic rings. The summed E-state index contributed by atoms with van der Waals surface area (Å²) in [7, 11) is 0. The van der Waals surface area contributed by atoms with Gasteiger partial charge in [0.15, 0.2) is 0 Å². The van der Waals surface area contributed by atoms with Crippen molar-refractivity contribution in [3.63, 3.8) is 0 Å². The van der Waals surface area contributed by atoms with Crippen molar-refractivity contribution in [2.45, 2.75) is 51.1 Å². The van der Waals surface area contributed by atoms with Gasteiger partial charge in [0, 0.05) is 21.8 Å². The fourth-order valence-electron chi connectivity index (χ4n) is 2.40. The molecule has 2 aliphatic carbocycles. The summed E-state index contributed by atoms with van der Waals surface area (Å²) in [5, 5.41) is 3.77. The highest BCUT2D eigenvalue weighted by Crippen LogP contribution is 2.37. The lowest BCUT2D eigenvalue weighted by Crippen LogP contribution is -2.25. The van der Waals surface area contributed by atoms with Crippen molar-refractivity contribution in [1.29, 1.82) is 0 Å². The van der Waals surface area contributed by atoms with E-state index in [1.807, 2.05) is 11.3 Å². The van der Waals surface area contributed by atoms with Crippen LogP contribution in [0.3, 0.4) is 0 Å². The Labute approximate surface area is 89.5 Å². The average molecular weight is 207 g/mol. The van der Waals surface area contributed by atoms with E-state index in [1.54, 1.807) is 10.4 Å². The van der Waals surface area contributed by atoms with Crippen LogP contribution in [0.4, 0.5) is 0 Å². The van der Waals surface area contributed by atoms with Gasteiger partial charge >= 0.3 is 0 Å². The first-order chi connectivity index (χ1) is 6.83. The van der Waals surface area contributed by atoms with Gasteiger partial charge in [-0.25, -0.2) is 0 Å². The fraction of sp³-hybridized carbons (Fsp3) is 0.667. The third-order valence-corrected chi connectivity index (χ3v) is 4.38. The molecule has 0 radical (unpaired) electrons. The number of fused-ring (bicyclic) bond motifs is 1. The summed E-state index contributed by atoms with van der Waals surface area (Å²) in [5.74, 6) is 0. The largest absolute Gasteiger partial charge is 0.307 e. The van der Waals surface area contributed by atoms with Gasteiger partial charge in [0.1, 0.15) is 0 Å². The van der Waals surface area contributed by atoms with Crippen LogP contribution >= 0.6 is 11.3 Å². The van der Waals surface area contributed by atoms with Crippen molar-refractivity contribution in [2.24, 2.45) is 0 Å². The SMILES string of the molecule is Cc1cc2c(s1)CCCC2NC1CC1. The molecule has 0 amide bonds. The van der Waals surface area contributed by atoms with Crippen LogP contribution in [0, 0.1) is 6.92 Å². The smallest absolute Gasteiger partial charge is 0.0333 e. The fourth-order valence-corrected chi connectivity index (χ4v) is 3.54. The number of aryl methyl sites for hydroxylation is 2. The van der Waals surface area contributed by atoms with E-state index in [1.165, 1.54) is 37.0 Å². The Morgan fingerprint density at radius 3 is 3.00 bits per heavy atom. The molecule has 1 nitrogen and oxygen atoms in total. The number of rotatable bonds is 2. The molecule has 1 unspecified atom stereocenters. The van der Waals surface area contributed by atoms with Crippen molar-refractivity contribution in [3.8, 4) is 0 Å². The lowest BCUT2D eigenvalue weighted by Gasteiger charge is -2.23. The molecule has 0 aliphatic heterocycles. The van der Waals surface area contributed by atoms with E-state index in [4.69, 9.17) is 0 Å². The van der Waals surface area contributed by atoms with Gasteiger partial charge in [0.05, 0.1) is 0 Å². The molecule has 0 spiro atoms. The minimum Gasteiger partial charge on any atom is -0.307 e. The lowest BCUT2D eigenvalue weighted by molar-refractivity contribution is 0.461. The number of hydrogen-bond acceptors (Lipinski definition) is 2. The zero-order valence-corrected chi connectivity index (χ0v) is 9.49. The first kappa shape index (κ1) is 8.93. The van der Waals surface area contributed by atoms with Crippen LogP contribution in [0.25, 0.3) is 0 Å². The Morgan fingerprint density at radius 2 is 2.21 bits per heavy atom. The third-order valence-electron chi connectivity index (χ3n) is 3.25. The van der Waals surface area contributed by atoms with Crippen LogP contribution < -0.4 is 5.32 Å². The average Bonchev–Trinajstić information content (AvgIpc) is 2.87. The van der Waals surface area contributed by atoms with E-state index in [9.17, 15) is 0 Å². The first-order valence-electron chi connectivity index (χ1n) is 5.68. The molecule has 1 saturated carbocycles. The topological polar surface area (TPSA) is 12.0 Å². The molecular weight excluding hydrogens is 190 g/mol. The lowest BCUT2D eigenvalue weighted by atomic mass is 9.93. The molecule has 0 bridgehead atoms. The Morgan fingerprint density at radius 1 is 1.36 bits per heavy atom. The van der Waals surface area contributed by atoms with E-state index in [0.29, 0.717) is 6.04 Å². The van der Waals surface area contributed by atoms with Gasteiger partial charge in [0.25, 0.3) is 0 Å². The predicted molar refractivity (Wildman–Crippen MR) is 60.9 cm³/mol. The summed E-state index contributed by atoms with van der Waals surface area (Å²) >= 11 is 2.00. The van der Waals surface area contributed by atoms with Crippen LogP contribution in [-0.4, -0.2) is 6.04 Å². The summed E-state index contributed by atoms with van der Waals surface area (Å²) in [6.07, 6.45) is 6.83.